The van der Waals surface area contributed by atoms with Gasteiger partial charge < -0.3 is 19.6 Å². The second kappa shape index (κ2) is 7.54. The van der Waals surface area contributed by atoms with Crippen LogP contribution in [0.3, 0.4) is 0 Å². The van der Waals surface area contributed by atoms with E-state index in [1.165, 1.54) is 12.3 Å². The molecule has 1 amide bonds. The third-order valence-corrected chi connectivity index (χ3v) is 2.70. The highest BCUT2D eigenvalue weighted by Gasteiger charge is 2.23. The van der Waals surface area contributed by atoms with E-state index in [9.17, 15) is 14.4 Å². The first-order valence-corrected chi connectivity index (χ1v) is 6.25. The number of hydrogen-bond donors (Lipinski definition) is 2. The maximum absolute atomic E-state index is 11.8. The molecule has 20 heavy (non-hydrogen) atoms. The van der Waals surface area contributed by atoms with E-state index >= 15 is 0 Å². The highest BCUT2D eigenvalue weighted by atomic mass is 35.5. The third kappa shape index (κ3) is 4.58. The van der Waals surface area contributed by atoms with E-state index in [0.717, 1.165) is 0 Å². The lowest BCUT2D eigenvalue weighted by Crippen LogP contribution is -2.41. The summed E-state index contributed by atoms with van der Waals surface area (Å²) in [6.45, 7) is 1.86. The van der Waals surface area contributed by atoms with Gasteiger partial charge in [-0.15, -0.1) is 0 Å². The van der Waals surface area contributed by atoms with Crippen molar-refractivity contribution in [2.75, 3.05) is 6.61 Å². The lowest BCUT2D eigenvalue weighted by molar-refractivity contribution is -0.144. The molecular weight excluding hydrogens is 290 g/mol. The van der Waals surface area contributed by atoms with Crippen molar-refractivity contribution in [3.8, 4) is 0 Å². The predicted molar refractivity (Wildman–Crippen MR) is 68.5 cm³/mol. The molecule has 1 rings (SSSR count). The number of esters is 1. The fourth-order valence-corrected chi connectivity index (χ4v) is 1.64. The Labute approximate surface area is 119 Å². The smallest absolute Gasteiger partial charge is 0.326 e. The van der Waals surface area contributed by atoms with E-state index in [4.69, 9.17) is 21.1 Å². The van der Waals surface area contributed by atoms with Crippen LogP contribution in [0.4, 0.5) is 0 Å². The summed E-state index contributed by atoms with van der Waals surface area (Å²) in [5.41, 5.74) is 0.0362. The molecular formula is C12H14ClNO6. The number of carboxylic acids is 1. The van der Waals surface area contributed by atoms with Crippen molar-refractivity contribution in [2.24, 2.45) is 0 Å². The third-order valence-electron chi connectivity index (χ3n) is 2.41. The van der Waals surface area contributed by atoms with Gasteiger partial charge in [-0.3, -0.25) is 9.59 Å². The maximum Gasteiger partial charge on any atom is 0.326 e. The first-order chi connectivity index (χ1) is 9.45. The second-order valence-electron chi connectivity index (χ2n) is 3.82. The molecule has 0 radical (unpaired) electrons. The first kappa shape index (κ1) is 16.0. The van der Waals surface area contributed by atoms with Gasteiger partial charge in [0.15, 0.2) is 0 Å². The van der Waals surface area contributed by atoms with Crippen LogP contribution >= 0.6 is 11.6 Å². The minimum Gasteiger partial charge on any atom is -0.480 e. The van der Waals surface area contributed by atoms with E-state index in [-0.39, 0.29) is 30.2 Å². The fraction of sp³-hybridized carbons (Fsp3) is 0.417. The summed E-state index contributed by atoms with van der Waals surface area (Å²) < 4.78 is 9.43. The van der Waals surface area contributed by atoms with Gasteiger partial charge in [0, 0.05) is 6.42 Å². The van der Waals surface area contributed by atoms with Gasteiger partial charge in [-0.05, 0) is 31.0 Å². The van der Waals surface area contributed by atoms with Gasteiger partial charge in [0.25, 0.3) is 5.91 Å². The Balaban J connectivity index is 2.59. The summed E-state index contributed by atoms with van der Waals surface area (Å²) >= 11 is 5.62. The number of carbonyl (C=O) groups excluding carboxylic acids is 2. The van der Waals surface area contributed by atoms with Crippen LogP contribution in [-0.4, -0.2) is 35.6 Å². The van der Waals surface area contributed by atoms with E-state index in [2.05, 4.69) is 10.1 Å². The number of amides is 1. The number of nitrogens with one attached hydrogen (secondary N) is 1. The van der Waals surface area contributed by atoms with Gasteiger partial charge in [-0.1, -0.05) is 0 Å². The normalized spacial score (nSPS) is 11.7. The number of ether oxygens (including phenoxy) is 1. The van der Waals surface area contributed by atoms with Crippen molar-refractivity contribution in [3.63, 3.8) is 0 Å². The molecule has 1 heterocycles. The van der Waals surface area contributed by atoms with Crippen molar-refractivity contribution in [2.45, 2.75) is 25.8 Å². The summed E-state index contributed by atoms with van der Waals surface area (Å²) in [5, 5.41) is 11.1. The molecule has 0 spiro atoms. The van der Waals surface area contributed by atoms with E-state index in [0.29, 0.717) is 0 Å². The molecule has 0 aromatic carbocycles. The number of aliphatic carboxylic acids is 1. The van der Waals surface area contributed by atoms with Crippen molar-refractivity contribution >= 4 is 29.4 Å². The number of furan rings is 1. The van der Waals surface area contributed by atoms with Crippen LogP contribution in [-0.2, 0) is 14.3 Å². The quantitative estimate of drug-likeness (QED) is 0.739. The minimum absolute atomic E-state index is 0.0362. The zero-order chi connectivity index (χ0) is 15.1. The lowest BCUT2D eigenvalue weighted by atomic mass is 10.1. The van der Waals surface area contributed by atoms with Gasteiger partial charge in [0.05, 0.1) is 18.4 Å². The van der Waals surface area contributed by atoms with E-state index in [1.54, 1.807) is 6.92 Å². The van der Waals surface area contributed by atoms with Crippen LogP contribution in [0.2, 0.25) is 5.22 Å². The molecule has 0 aliphatic carbocycles. The van der Waals surface area contributed by atoms with Gasteiger partial charge >= 0.3 is 11.9 Å². The number of rotatable bonds is 7. The summed E-state index contributed by atoms with van der Waals surface area (Å²) in [6, 6.07) is 0.111. The highest BCUT2D eigenvalue weighted by molar-refractivity contribution is 6.32. The fourth-order valence-electron chi connectivity index (χ4n) is 1.44. The van der Waals surface area contributed by atoms with Crippen molar-refractivity contribution < 1.29 is 28.6 Å². The summed E-state index contributed by atoms with van der Waals surface area (Å²) in [5.74, 6) is -2.45. The molecule has 0 aliphatic rings. The Morgan fingerprint density at radius 1 is 1.50 bits per heavy atom. The van der Waals surface area contributed by atoms with Crippen LogP contribution < -0.4 is 5.32 Å². The summed E-state index contributed by atoms with van der Waals surface area (Å²) in [7, 11) is 0. The van der Waals surface area contributed by atoms with Gasteiger partial charge in [0.1, 0.15) is 6.04 Å². The van der Waals surface area contributed by atoms with Gasteiger partial charge in [0.2, 0.25) is 5.22 Å². The predicted octanol–water partition coefficient (Wildman–Crippen LogP) is 1.46. The lowest BCUT2D eigenvalue weighted by Gasteiger charge is -2.13. The van der Waals surface area contributed by atoms with E-state index < -0.39 is 23.9 Å². The molecule has 1 aromatic rings. The maximum atomic E-state index is 11.8. The molecule has 7 nitrogen and oxygen atoms in total. The number of halogens is 1. The number of hydrogen-bond acceptors (Lipinski definition) is 5. The van der Waals surface area contributed by atoms with Crippen molar-refractivity contribution in [1.82, 2.24) is 5.32 Å². The van der Waals surface area contributed by atoms with Crippen LogP contribution in [0.15, 0.2) is 16.7 Å². The average Bonchev–Trinajstić information content (AvgIpc) is 2.80. The SMILES string of the molecule is CCOC(=O)CC[C@H](NC(=O)c1ccoc1Cl)C(=O)O. The van der Waals surface area contributed by atoms with Crippen LogP contribution in [0.1, 0.15) is 30.1 Å². The topological polar surface area (TPSA) is 106 Å². The molecule has 8 heteroatoms. The Kier molecular flexibility index (Phi) is 6.05. The molecule has 0 saturated carbocycles. The highest BCUT2D eigenvalue weighted by Crippen LogP contribution is 2.16. The second-order valence-corrected chi connectivity index (χ2v) is 4.16. The largest absolute Gasteiger partial charge is 0.480 e. The van der Waals surface area contributed by atoms with Gasteiger partial charge in [-0.25, -0.2) is 4.79 Å². The van der Waals surface area contributed by atoms with E-state index in [1.807, 2.05) is 0 Å². The number of carbonyl (C=O) groups is 3. The molecule has 110 valence electrons. The molecule has 1 aromatic heterocycles. The zero-order valence-corrected chi connectivity index (χ0v) is 11.5. The molecule has 0 aliphatic heterocycles. The Hall–Kier alpha value is -2.02. The average molecular weight is 304 g/mol. The Morgan fingerprint density at radius 2 is 2.20 bits per heavy atom. The Morgan fingerprint density at radius 3 is 2.70 bits per heavy atom. The molecule has 2 N–H and O–H groups in total. The summed E-state index contributed by atoms with van der Waals surface area (Å²) in [4.78, 5) is 34.0. The van der Waals surface area contributed by atoms with Gasteiger partial charge in [-0.2, -0.15) is 0 Å². The molecule has 0 bridgehead atoms. The molecule has 0 saturated heterocycles. The molecule has 1 atom stereocenters. The van der Waals surface area contributed by atoms with Crippen LogP contribution in [0, 0.1) is 0 Å². The molecule has 0 fully saturated rings. The monoisotopic (exact) mass is 303 g/mol. The molecule has 0 unspecified atom stereocenters. The number of carboxylic acid groups (broad SMARTS) is 1. The standard InChI is InChI=1S/C12H14ClNO6/c1-2-19-9(15)4-3-8(12(17)18)14-11(16)7-5-6-20-10(7)13/h5-6,8H,2-4H2,1H3,(H,14,16)(H,17,18)/t8-/m0/s1. The summed E-state index contributed by atoms with van der Waals surface area (Å²) in [6.07, 6.45) is 1.03. The zero-order valence-electron chi connectivity index (χ0n) is 10.7. The first-order valence-electron chi connectivity index (χ1n) is 5.88. The Bertz CT molecular complexity index is 498. The van der Waals surface area contributed by atoms with Crippen LogP contribution in [0.5, 0.6) is 0 Å². The minimum atomic E-state index is -1.25. The van der Waals surface area contributed by atoms with Crippen LogP contribution in [0.25, 0.3) is 0 Å². The van der Waals surface area contributed by atoms with Crippen molar-refractivity contribution in [3.05, 3.63) is 23.1 Å². The van der Waals surface area contributed by atoms with Crippen molar-refractivity contribution in [1.29, 1.82) is 0 Å².